The first-order valence-corrected chi connectivity index (χ1v) is 9.37. The molecule has 4 aromatic rings. The fraction of sp³-hybridized carbons (Fsp3) is 0.143. The van der Waals surface area contributed by atoms with Crippen molar-refractivity contribution in [2.24, 2.45) is 0 Å². The lowest BCUT2D eigenvalue weighted by atomic mass is 10.1. The van der Waals surface area contributed by atoms with E-state index >= 15 is 0 Å². The van der Waals surface area contributed by atoms with Crippen LogP contribution < -0.4 is 11.0 Å². The molecule has 7 nitrogen and oxygen atoms in total. The van der Waals surface area contributed by atoms with Gasteiger partial charge in [-0.05, 0) is 54.8 Å². The minimum Gasteiger partial charge on any atom is -0.273 e. The summed E-state index contributed by atoms with van der Waals surface area (Å²) in [6, 6.07) is 12.9. The van der Waals surface area contributed by atoms with E-state index in [2.05, 4.69) is 15.5 Å². The summed E-state index contributed by atoms with van der Waals surface area (Å²) in [7, 11) is 0. The van der Waals surface area contributed by atoms with E-state index in [0.717, 1.165) is 21.5 Å². The van der Waals surface area contributed by atoms with Crippen LogP contribution in [0.4, 0.5) is 0 Å². The summed E-state index contributed by atoms with van der Waals surface area (Å²) >= 11 is 5.85. The summed E-state index contributed by atoms with van der Waals surface area (Å²) in [4.78, 5) is 29.4. The van der Waals surface area contributed by atoms with Gasteiger partial charge < -0.3 is 0 Å². The van der Waals surface area contributed by atoms with Crippen LogP contribution in [0.1, 0.15) is 16.7 Å². The number of hydrogen-bond acceptors (Lipinski definition) is 4. The number of aryl methyl sites for hydroxylation is 2. The van der Waals surface area contributed by atoms with Crippen LogP contribution in [0, 0.1) is 13.8 Å². The van der Waals surface area contributed by atoms with Crippen LogP contribution in [0.5, 0.6) is 0 Å². The van der Waals surface area contributed by atoms with Gasteiger partial charge >= 0.3 is 0 Å². The number of halogens is 1. The first kappa shape index (κ1) is 18.9. The number of rotatable bonds is 4. The van der Waals surface area contributed by atoms with Crippen LogP contribution in [0.15, 0.2) is 59.8 Å². The van der Waals surface area contributed by atoms with Gasteiger partial charge in [-0.25, -0.2) is 14.3 Å². The number of nitrogens with zero attached hydrogens (tertiary/aromatic N) is 4. The van der Waals surface area contributed by atoms with Crippen LogP contribution in [0.25, 0.3) is 16.7 Å². The van der Waals surface area contributed by atoms with Crippen molar-refractivity contribution in [3.05, 3.63) is 87.1 Å². The molecule has 0 spiro atoms. The average Bonchev–Trinajstić information content (AvgIpc) is 3.13. The molecule has 29 heavy (non-hydrogen) atoms. The van der Waals surface area contributed by atoms with Gasteiger partial charge in [-0.2, -0.15) is 5.10 Å². The molecular formula is C21H18ClN5O2. The molecule has 1 N–H and O–H groups in total. The van der Waals surface area contributed by atoms with Gasteiger partial charge in [0.1, 0.15) is 11.7 Å². The Labute approximate surface area is 171 Å². The summed E-state index contributed by atoms with van der Waals surface area (Å²) < 4.78 is 2.69. The van der Waals surface area contributed by atoms with Crippen molar-refractivity contribution in [1.82, 2.24) is 19.4 Å². The highest BCUT2D eigenvalue weighted by Gasteiger charge is 2.13. The molecule has 4 rings (SSSR count). The predicted molar refractivity (Wildman–Crippen MR) is 112 cm³/mol. The quantitative estimate of drug-likeness (QED) is 0.563. The Hall–Kier alpha value is -3.45. The van der Waals surface area contributed by atoms with Gasteiger partial charge in [-0.3, -0.25) is 15.0 Å². The zero-order valence-electron chi connectivity index (χ0n) is 15.9. The lowest BCUT2D eigenvalue weighted by Crippen LogP contribution is -2.34. The van der Waals surface area contributed by atoms with Gasteiger partial charge in [0.15, 0.2) is 5.65 Å². The number of amides is 1. The fourth-order valence-corrected chi connectivity index (χ4v) is 3.13. The van der Waals surface area contributed by atoms with Crippen molar-refractivity contribution in [3.8, 4) is 5.69 Å². The zero-order chi connectivity index (χ0) is 20.5. The highest BCUT2D eigenvalue weighted by Crippen LogP contribution is 2.17. The van der Waals surface area contributed by atoms with Crippen LogP contribution >= 0.6 is 11.6 Å². The molecule has 0 aliphatic carbocycles. The average molecular weight is 408 g/mol. The van der Waals surface area contributed by atoms with Crippen LogP contribution in [-0.4, -0.2) is 25.3 Å². The van der Waals surface area contributed by atoms with E-state index < -0.39 is 5.56 Å². The van der Waals surface area contributed by atoms with E-state index in [1.807, 2.05) is 32.0 Å². The predicted octanol–water partition coefficient (Wildman–Crippen LogP) is 3.17. The van der Waals surface area contributed by atoms with Crippen LogP contribution in [-0.2, 0) is 11.2 Å². The number of benzene rings is 2. The Balaban J connectivity index is 1.61. The summed E-state index contributed by atoms with van der Waals surface area (Å²) in [6.45, 7) is 4.05. The number of carbonyl (C=O) groups excluding carboxylic acids is 1. The lowest BCUT2D eigenvalue weighted by Gasteiger charge is -2.09. The van der Waals surface area contributed by atoms with E-state index in [1.165, 1.54) is 18.1 Å². The second-order valence-electron chi connectivity index (χ2n) is 6.82. The van der Waals surface area contributed by atoms with Crippen molar-refractivity contribution < 1.29 is 4.79 Å². The zero-order valence-corrected chi connectivity index (χ0v) is 16.6. The molecule has 0 bridgehead atoms. The summed E-state index contributed by atoms with van der Waals surface area (Å²) in [5.41, 5.74) is 6.50. The number of fused-ring (bicyclic) bond motifs is 1. The molecule has 2 aromatic heterocycles. The topological polar surface area (TPSA) is 81.8 Å². The highest BCUT2D eigenvalue weighted by atomic mass is 35.5. The highest BCUT2D eigenvalue weighted by molar-refractivity contribution is 6.30. The van der Waals surface area contributed by atoms with Gasteiger partial charge in [-0.1, -0.05) is 29.8 Å². The van der Waals surface area contributed by atoms with Crippen molar-refractivity contribution in [3.63, 3.8) is 0 Å². The Morgan fingerprint density at radius 3 is 2.59 bits per heavy atom. The fourth-order valence-electron chi connectivity index (χ4n) is 3.00. The Morgan fingerprint density at radius 1 is 1.10 bits per heavy atom. The van der Waals surface area contributed by atoms with Gasteiger partial charge in [0.25, 0.3) is 5.56 Å². The lowest BCUT2D eigenvalue weighted by molar-refractivity contribution is -0.116. The van der Waals surface area contributed by atoms with Crippen molar-refractivity contribution in [2.45, 2.75) is 20.3 Å². The second-order valence-corrected chi connectivity index (χ2v) is 7.26. The summed E-state index contributed by atoms with van der Waals surface area (Å²) in [5, 5.41) is 5.22. The Morgan fingerprint density at radius 2 is 1.86 bits per heavy atom. The Kier molecular flexibility index (Phi) is 4.90. The molecule has 0 unspecified atom stereocenters. The van der Waals surface area contributed by atoms with Gasteiger partial charge in [0.05, 0.1) is 18.3 Å². The molecule has 2 heterocycles. The molecule has 0 aliphatic rings. The first-order chi connectivity index (χ1) is 13.9. The SMILES string of the molecule is Cc1ccc(-n2ncc3c(=O)n(NC(=O)Cc4ccc(Cl)cc4)cnc32)cc1C. The molecule has 0 saturated carbocycles. The number of aromatic nitrogens is 4. The smallest absolute Gasteiger partial charge is 0.273 e. The molecular weight excluding hydrogens is 390 g/mol. The van der Waals surface area contributed by atoms with Gasteiger partial charge in [0, 0.05) is 5.02 Å². The molecule has 0 atom stereocenters. The van der Waals surface area contributed by atoms with Gasteiger partial charge in [-0.15, -0.1) is 0 Å². The maximum absolute atomic E-state index is 12.8. The van der Waals surface area contributed by atoms with Crippen molar-refractivity contribution in [2.75, 3.05) is 5.43 Å². The third-order valence-corrected chi connectivity index (χ3v) is 5.00. The third kappa shape index (κ3) is 3.77. The third-order valence-electron chi connectivity index (χ3n) is 4.75. The van der Waals surface area contributed by atoms with E-state index in [-0.39, 0.29) is 12.3 Å². The molecule has 2 aromatic carbocycles. The second kappa shape index (κ2) is 7.52. The van der Waals surface area contributed by atoms with E-state index in [4.69, 9.17) is 11.6 Å². The van der Waals surface area contributed by atoms with Crippen LogP contribution in [0.3, 0.4) is 0 Å². The molecule has 0 fully saturated rings. The normalized spacial score (nSPS) is 11.0. The molecule has 0 saturated heterocycles. The standard InChI is InChI=1S/C21H18ClN5O2/c1-13-3-8-17(9-14(13)2)27-20-18(11-24-27)21(29)26(12-23-20)25-19(28)10-15-4-6-16(22)7-5-15/h3-9,11-12H,10H2,1-2H3,(H,25,28). The van der Waals surface area contributed by atoms with E-state index in [0.29, 0.717) is 16.1 Å². The monoisotopic (exact) mass is 407 g/mol. The van der Waals surface area contributed by atoms with Crippen LogP contribution in [0.2, 0.25) is 5.02 Å². The van der Waals surface area contributed by atoms with E-state index in [9.17, 15) is 9.59 Å². The molecule has 146 valence electrons. The maximum atomic E-state index is 12.8. The largest absolute Gasteiger partial charge is 0.283 e. The number of hydrogen-bond donors (Lipinski definition) is 1. The van der Waals surface area contributed by atoms with Crippen molar-refractivity contribution in [1.29, 1.82) is 0 Å². The summed E-state index contributed by atoms with van der Waals surface area (Å²) in [5.74, 6) is -0.336. The molecule has 1 amide bonds. The molecule has 8 heteroatoms. The first-order valence-electron chi connectivity index (χ1n) is 9.00. The minimum atomic E-state index is -0.394. The molecule has 0 aliphatic heterocycles. The molecule has 0 radical (unpaired) electrons. The van der Waals surface area contributed by atoms with Crippen molar-refractivity contribution >= 4 is 28.5 Å². The number of carbonyl (C=O) groups is 1. The van der Waals surface area contributed by atoms with E-state index in [1.54, 1.807) is 28.9 Å². The summed E-state index contributed by atoms with van der Waals surface area (Å²) in [6.07, 6.45) is 2.87. The number of nitrogens with one attached hydrogen (secondary N) is 1. The minimum absolute atomic E-state index is 0.115. The Bertz CT molecular complexity index is 1270. The maximum Gasteiger partial charge on any atom is 0.283 e. The van der Waals surface area contributed by atoms with Gasteiger partial charge in [0.2, 0.25) is 5.91 Å².